The zero-order chi connectivity index (χ0) is 13.1. The van der Waals surface area contributed by atoms with Crippen molar-refractivity contribution in [1.82, 2.24) is 4.98 Å². The van der Waals surface area contributed by atoms with Gasteiger partial charge in [-0.3, -0.25) is 0 Å². The van der Waals surface area contributed by atoms with Crippen molar-refractivity contribution in [3.63, 3.8) is 0 Å². The normalized spacial score (nSPS) is 10.8. The van der Waals surface area contributed by atoms with E-state index in [1.165, 1.54) is 13.2 Å². The van der Waals surface area contributed by atoms with Gasteiger partial charge in [-0.25, -0.2) is 4.98 Å². The summed E-state index contributed by atoms with van der Waals surface area (Å²) in [6.07, 6.45) is -4.95. The standard InChI is InChI=1S/C10H9F3N2O2/c1-6-5-7(3-4-14)15-9(8(6)16-2)17-10(11,12)13/h5H,3H2,1-2H3. The third-order valence-corrected chi connectivity index (χ3v) is 1.86. The van der Waals surface area contributed by atoms with E-state index in [1.54, 1.807) is 13.0 Å². The molecule has 0 fully saturated rings. The van der Waals surface area contributed by atoms with E-state index in [2.05, 4.69) is 9.72 Å². The number of alkyl halides is 3. The van der Waals surface area contributed by atoms with Crippen LogP contribution in [-0.2, 0) is 6.42 Å². The van der Waals surface area contributed by atoms with Crippen molar-refractivity contribution in [3.05, 3.63) is 17.3 Å². The Morgan fingerprint density at radius 2 is 2.12 bits per heavy atom. The number of ether oxygens (including phenoxy) is 2. The Kier molecular flexibility index (Phi) is 3.78. The zero-order valence-electron chi connectivity index (χ0n) is 9.13. The van der Waals surface area contributed by atoms with Crippen molar-refractivity contribution in [3.8, 4) is 17.7 Å². The second-order valence-electron chi connectivity index (χ2n) is 3.15. The van der Waals surface area contributed by atoms with E-state index in [-0.39, 0.29) is 17.9 Å². The number of hydrogen-bond acceptors (Lipinski definition) is 4. The van der Waals surface area contributed by atoms with Gasteiger partial charge < -0.3 is 9.47 Å². The van der Waals surface area contributed by atoms with Gasteiger partial charge in [0.1, 0.15) is 0 Å². The quantitative estimate of drug-likeness (QED) is 0.821. The van der Waals surface area contributed by atoms with Crippen molar-refractivity contribution >= 4 is 0 Å². The molecular formula is C10H9F3N2O2. The first-order valence-electron chi connectivity index (χ1n) is 4.54. The molecule has 0 unspecified atom stereocenters. The summed E-state index contributed by atoms with van der Waals surface area (Å²) in [4.78, 5) is 3.59. The Bertz CT molecular complexity index is 452. The van der Waals surface area contributed by atoms with Crippen molar-refractivity contribution in [1.29, 1.82) is 5.26 Å². The number of nitrogens with zero attached hydrogens (tertiary/aromatic N) is 2. The number of pyridine rings is 1. The fraction of sp³-hybridized carbons (Fsp3) is 0.400. The van der Waals surface area contributed by atoms with E-state index in [1.807, 2.05) is 0 Å². The Balaban J connectivity index is 3.20. The molecular weight excluding hydrogens is 237 g/mol. The molecule has 0 aliphatic rings. The number of rotatable bonds is 3. The number of aryl methyl sites for hydroxylation is 1. The van der Waals surface area contributed by atoms with Gasteiger partial charge in [0.2, 0.25) is 0 Å². The summed E-state index contributed by atoms with van der Waals surface area (Å²) in [5, 5.41) is 8.48. The SMILES string of the molecule is COc1c(C)cc(CC#N)nc1OC(F)(F)F. The molecule has 0 radical (unpaired) electrons. The number of aromatic nitrogens is 1. The summed E-state index contributed by atoms with van der Waals surface area (Å²) >= 11 is 0. The number of nitriles is 1. The number of halogens is 3. The van der Waals surface area contributed by atoms with Gasteiger partial charge in [0, 0.05) is 0 Å². The summed E-state index contributed by atoms with van der Waals surface area (Å²) in [6, 6.07) is 3.28. The molecule has 17 heavy (non-hydrogen) atoms. The Hall–Kier alpha value is -1.97. The summed E-state index contributed by atoms with van der Waals surface area (Å²) < 4.78 is 44.9. The van der Waals surface area contributed by atoms with Crippen LogP contribution in [0.2, 0.25) is 0 Å². The fourth-order valence-electron chi connectivity index (χ4n) is 1.30. The Labute approximate surface area is 95.6 Å². The molecule has 0 aliphatic carbocycles. The van der Waals surface area contributed by atoms with Gasteiger partial charge in [0.25, 0.3) is 5.88 Å². The summed E-state index contributed by atoms with van der Waals surface area (Å²) in [5.74, 6) is -0.769. The topological polar surface area (TPSA) is 55.1 Å². The molecule has 4 nitrogen and oxygen atoms in total. The van der Waals surface area contributed by atoms with Crippen LogP contribution in [-0.4, -0.2) is 18.5 Å². The average molecular weight is 246 g/mol. The first kappa shape index (κ1) is 13.1. The molecule has 0 bridgehead atoms. The number of hydrogen-bond donors (Lipinski definition) is 0. The van der Waals surface area contributed by atoms with E-state index in [4.69, 9.17) is 10.00 Å². The minimum absolute atomic E-state index is 0.0935. The largest absolute Gasteiger partial charge is 0.574 e. The summed E-state index contributed by atoms with van der Waals surface area (Å²) in [6.45, 7) is 1.55. The molecule has 7 heteroatoms. The van der Waals surface area contributed by atoms with Gasteiger partial charge in [0.05, 0.1) is 25.3 Å². The molecule has 0 spiro atoms. The molecule has 1 aromatic heterocycles. The lowest BCUT2D eigenvalue weighted by Gasteiger charge is -2.14. The van der Waals surface area contributed by atoms with Crippen LogP contribution in [0.5, 0.6) is 11.6 Å². The lowest BCUT2D eigenvalue weighted by Crippen LogP contribution is -2.19. The lowest BCUT2D eigenvalue weighted by molar-refractivity contribution is -0.276. The van der Waals surface area contributed by atoms with Gasteiger partial charge >= 0.3 is 6.36 Å². The molecule has 1 aromatic rings. The molecule has 0 N–H and O–H groups in total. The summed E-state index contributed by atoms with van der Waals surface area (Å²) in [7, 11) is 1.22. The molecule has 1 heterocycles. The second kappa shape index (κ2) is 4.91. The third-order valence-electron chi connectivity index (χ3n) is 1.86. The summed E-state index contributed by atoms with van der Waals surface area (Å²) in [5.41, 5.74) is 0.622. The fourth-order valence-corrected chi connectivity index (χ4v) is 1.30. The predicted molar refractivity (Wildman–Crippen MR) is 51.5 cm³/mol. The molecule has 1 rings (SSSR count). The predicted octanol–water partition coefficient (Wildman–Crippen LogP) is 2.36. The van der Waals surface area contributed by atoms with Gasteiger partial charge in [0.15, 0.2) is 5.75 Å². The van der Waals surface area contributed by atoms with Crippen LogP contribution < -0.4 is 9.47 Å². The van der Waals surface area contributed by atoms with E-state index in [9.17, 15) is 13.2 Å². The molecule has 92 valence electrons. The minimum Gasteiger partial charge on any atom is -0.491 e. The molecule has 0 saturated carbocycles. The van der Waals surface area contributed by atoms with E-state index in [0.717, 1.165) is 0 Å². The Morgan fingerprint density at radius 1 is 1.47 bits per heavy atom. The highest BCUT2D eigenvalue weighted by Crippen LogP contribution is 2.33. The van der Waals surface area contributed by atoms with Gasteiger partial charge in [-0.2, -0.15) is 5.26 Å². The second-order valence-corrected chi connectivity index (χ2v) is 3.15. The first-order valence-corrected chi connectivity index (χ1v) is 4.54. The van der Waals surface area contributed by atoms with E-state index < -0.39 is 12.2 Å². The van der Waals surface area contributed by atoms with Crippen LogP contribution in [0.1, 0.15) is 11.3 Å². The monoisotopic (exact) mass is 246 g/mol. The average Bonchev–Trinajstić information content (AvgIpc) is 2.15. The van der Waals surface area contributed by atoms with Gasteiger partial charge in [-0.05, 0) is 18.6 Å². The molecule has 0 amide bonds. The van der Waals surface area contributed by atoms with Crippen LogP contribution in [0.15, 0.2) is 6.07 Å². The first-order chi connectivity index (χ1) is 7.87. The minimum atomic E-state index is -4.85. The third kappa shape index (κ3) is 3.52. The van der Waals surface area contributed by atoms with Crippen molar-refractivity contribution in [2.45, 2.75) is 19.7 Å². The van der Waals surface area contributed by atoms with Crippen LogP contribution in [0, 0.1) is 18.3 Å². The molecule has 0 atom stereocenters. The van der Waals surface area contributed by atoms with E-state index in [0.29, 0.717) is 5.56 Å². The smallest absolute Gasteiger partial charge is 0.491 e. The maximum absolute atomic E-state index is 12.1. The molecule has 0 aromatic carbocycles. The van der Waals surface area contributed by atoms with Crippen LogP contribution in [0.25, 0.3) is 0 Å². The van der Waals surface area contributed by atoms with Gasteiger partial charge in [-0.15, -0.1) is 13.2 Å². The van der Waals surface area contributed by atoms with Crippen LogP contribution >= 0.6 is 0 Å². The van der Waals surface area contributed by atoms with Crippen molar-refractivity contribution in [2.24, 2.45) is 0 Å². The highest BCUT2D eigenvalue weighted by atomic mass is 19.4. The maximum atomic E-state index is 12.1. The van der Waals surface area contributed by atoms with Crippen molar-refractivity contribution < 1.29 is 22.6 Å². The maximum Gasteiger partial charge on any atom is 0.574 e. The lowest BCUT2D eigenvalue weighted by atomic mass is 10.2. The Morgan fingerprint density at radius 3 is 2.59 bits per heavy atom. The molecule has 0 saturated heterocycles. The highest BCUT2D eigenvalue weighted by Gasteiger charge is 2.33. The van der Waals surface area contributed by atoms with Gasteiger partial charge in [-0.1, -0.05) is 0 Å². The zero-order valence-corrected chi connectivity index (χ0v) is 9.13. The van der Waals surface area contributed by atoms with E-state index >= 15 is 0 Å². The van der Waals surface area contributed by atoms with Crippen molar-refractivity contribution in [2.75, 3.05) is 7.11 Å². The van der Waals surface area contributed by atoms with Crippen LogP contribution in [0.3, 0.4) is 0 Å². The van der Waals surface area contributed by atoms with Crippen LogP contribution in [0.4, 0.5) is 13.2 Å². The highest BCUT2D eigenvalue weighted by molar-refractivity contribution is 5.43. The molecule has 0 aliphatic heterocycles. The number of methoxy groups -OCH3 is 1.